The van der Waals surface area contributed by atoms with Gasteiger partial charge in [0.05, 0.1) is 5.92 Å². The Morgan fingerprint density at radius 2 is 2.11 bits per heavy atom. The summed E-state index contributed by atoms with van der Waals surface area (Å²) < 4.78 is 13.5. The predicted octanol–water partition coefficient (Wildman–Crippen LogP) is 3.65. The Kier molecular flexibility index (Phi) is 4.86. The van der Waals surface area contributed by atoms with E-state index in [2.05, 4.69) is 10.3 Å². The number of carbonyl (C=O) groups is 2. The monoisotopic (exact) mass is 379 g/mol. The van der Waals surface area contributed by atoms with Crippen LogP contribution in [0.2, 0.25) is 0 Å². The molecule has 1 aliphatic rings. The van der Waals surface area contributed by atoms with Crippen LogP contribution in [-0.2, 0) is 16.0 Å². The molecule has 1 fully saturated rings. The predicted molar refractivity (Wildman–Crippen MR) is 106 cm³/mol. The van der Waals surface area contributed by atoms with Gasteiger partial charge in [-0.1, -0.05) is 18.2 Å². The second-order valence-electron chi connectivity index (χ2n) is 7.30. The first-order valence-electron chi connectivity index (χ1n) is 9.41. The number of H-pyrrole nitrogens is 1. The third-order valence-corrected chi connectivity index (χ3v) is 5.37. The fraction of sp³-hybridized carbons (Fsp3) is 0.273. The molecule has 1 saturated heterocycles. The van der Waals surface area contributed by atoms with E-state index in [1.807, 2.05) is 37.4 Å². The van der Waals surface area contributed by atoms with Crippen LogP contribution in [0.15, 0.2) is 48.7 Å². The Morgan fingerprint density at radius 3 is 2.93 bits per heavy atom. The number of likely N-dealkylation sites (tertiary alicyclic amines) is 1. The van der Waals surface area contributed by atoms with Crippen molar-refractivity contribution < 1.29 is 14.0 Å². The molecular formula is C22H22FN3O2. The average molecular weight is 379 g/mol. The van der Waals surface area contributed by atoms with Gasteiger partial charge in [-0.2, -0.15) is 0 Å². The van der Waals surface area contributed by atoms with Crippen molar-refractivity contribution >= 4 is 28.4 Å². The van der Waals surface area contributed by atoms with Crippen LogP contribution in [0.4, 0.5) is 10.1 Å². The highest BCUT2D eigenvalue weighted by Crippen LogP contribution is 2.24. The van der Waals surface area contributed by atoms with Gasteiger partial charge in [-0.25, -0.2) is 4.39 Å². The molecule has 0 saturated carbocycles. The van der Waals surface area contributed by atoms with Crippen molar-refractivity contribution in [1.82, 2.24) is 9.88 Å². The molecular weight excluding hydrogens is 357 g/mol. The van der Waals surface area contributed by atoms with Crippen LogP contribution in [-0.4, -0.2) is 34.8 Å². The molecule has 4 rings (SSSR count). The number of carbonyl (C=O) groups excluding carboxylic acids is 2. The van der Waals surface area contributed by atoms with Gasteiger partial charge in [0.1, 0.15) is 5.82 Å². The van der Waals surface area contributed by atoms with Crippen molar-refractivity contribution in [2.24, 2.45) is 5.92 Å². The summed E-state index contributed by atoms with van der Waals surface area (Å²) in [7, 11) is 0. The molecule has 2 N–H and O–H groups in total. The maximum absolute atomic E-state index is 13.5. The highest BCUT2D eigenvalue weighted by atomic mass is 19.1. The Bertz CT molecular complexity index is 1040. The van der Waals surface area contributed by atoms with Gasteiger partial charge in [0.25, 0.3) is 0 Å². The molecule has 2 heterocycles. The average Bonchev–Trinajstić information content (AvgIpc) is 3.25. The zero-order valence-electron chi connectivity index (χ0n) is 15.7. The number of hydrogen-bond donors (Lipinski definition) is 2. The first-order chi connectivity index (χ1) is 13.5. The lowest BCUT2D eigenvalue weighted by Gasteiger charge is -2.16. The Morgan fingerprint density at radius 1 is 1.29 bits per heavy atom. The fourth-order valence-electron chi connectivity index (χ4n) is 3.72. The maximum Gasteiger partial charge on any atom is 0.229 e. The summed E-state index contributed by atoms with van der Waals surface area (Å²) >= 11 is 0. The number of aromatic amines is 1. The molecule has 144 valence electrons. The van der Waals surface area contributed by atoms with Crippen LogP contribution in [0, 0.1) is 18.7 Å². The molecule has 0 aliphatic carbocycles. The lowest BCUT2D eigenvalue weighted by atomic mass is 10.1. The normalized spacial score (nSPS) is 16.7. The van der Waals surface area contributed by atoms with Gasteiger partial charge in [0.2, 0.25) is 11.8 Å². The van der Waals surface area contributed by atoms with Gasteiger partial charge in [0, 0.05) is 42.3 Å². The highest BCUT2D eigenvalue weighted by Gasteiger charge is 2.34. The van der Waals surface area contributed by atoms with E-state index < -0.39 is 0 Å². The lowest BCUT2D eigenvalue weighted by molar-refractivity contribution is -0.128. The fourth-order valence-corrected chi connectivity index (χ4v) is 3.72. The van der Waals surface area contributed by atoms with Crippen molar-refractivity contribution in [1.29, 1.82) is 0 Å². The van der Waals surface area contributed by atoms with Crippen molar-refractivity contribution in [2.75, 3.05) is 18.4 Å². The Labute approximate surface area is 162 Å². The summed E-state index contributed by atoms with van der Waals surface area (Å²) in [5.74, 6) is -0.777. The number of aryl methyl sites for hydroxylation is 1. The zero-order chi connectivity index (χ0) is 19.7. The van der Waals surface area contributed by atoms with Crippen LogP contribution in [0.3, 0.4) is 0 Å². The lowest BCUT2D eigenvalue weighted by Crippen LogP contribution is -2.30. The van der Waals surface area contributed by atoms with E-state index in [4.69, 9.17) is 0 Å². The SMILES string of the molecule is Cc1ccccc1NC(=O)[C@@H]1CC(=O)N(CCc2c[nH]c3ccc(F)cc23)C1. The van der Waals surface area contributed by atoms with E-state index in [1.165, 1.54) is 12.1 Å². The number of rotatable bonds is 5. The van der Waals surface area contributed by atoms with Gasteiger partial charge >= 0.3 is 0 Å². The second kappa shape index (κ2) is 7.46. The molecule has 2 amide bonds. The van der Waals surface area contributed by atoms with Crippen molar-refractivity contribution in [3.8, 4) is 0 Å². The third-order valence-electron chi connectivity index (χ3n) is 5.37. The number of nitrogens with one attached hydrogen (secondary N) is 2. The molecule has 1 aromatic heterocycles. The minimum Gasteiger partial charge on any atom is -0.361 e. The van der Waals surface area contributed by atoms with Crippen LogP contribution < -0.4 is 5.32 Å². The van der Waals surface area contributed by atoms with Gasteiger partial charge in [-0.05, 0) is 48.7 Å². The molecule has 1 atom stereocenters. The molecule has 0 radical (unpaired) electrons. The minimum atomic E-state index is -0.354. The summed E-state index contributed by atoms with van der Waals surface area (Å²) in [6, 6.07) is 12.2. The summed E-state index contributed by atoms with van der Waals surface area (Å²) in [6.45, 7) is 2.86. The van der Waals surface area contributed by atoms with Crippen molar-refractivity contribution in [3.63, 3.8) is 0 Å². The summed E-state index contributed by atoms with van der Waals surface area (Å²) in [6.07, 6.45) is 2.69. The topological polar surface area (TPSA) is 65.2 Å². The molecule has 3 aromatic rings. The maximum atomic E-state index is 13.5. The quantitative estimate of drug-likeness (QED) is 0.711. The summed E-state index contributed by atoms with van der Waals surface area (Å²) in [5.41, 5.74) is 3.61. The molecule has 2 aromatic carbocycles. The van der Waals surface area contributed by atoms with E-state index in [0.29, 0.717) is 19.5 Å². The molecule has 1 aliphatic heterocycles. The van der Waals surface area contributed by atoms with E-state index in [-0.39, 0.29) is 30.0 Å². The largest absolute Gasteiger partial charge is 0.361 e. The number of benzene rings is 2. The number of fused-ring (bicyclic) bond motifs is 1. The van der Waals surface area contributed by atoms with Crippen LogP contribution in [0.5, 0.6) is 0 Å². The van der Waals surface area contributed by atoms with Crippen LogP contribution >= 0.6 is 0 Å². The molecule has 28 heavy (non-hydrogen) atoms. The van der Waals surface area contributed by atoms with E-state index in [9.17, 15) is 14.0 Å². The van der Waals surface area contributed by atoms with Crippen LogP contribution in [0.25, 0.3) is 10.9 Å². The first-order valence-corrected chi connectivity index (χ1v) is 9.41. The van der Waals surface area contributed by atoms with Crippen molar-refractivity contribution in [2.45, 2.75) is 19.8 Å². The zero-order valence-corrected chi connectivity index (χ0v) is 15.7. The molecule has 6 heteroatoms. The number of hydrogen-bond acceptors (Lipinski definition) is 2. The number of para-hydroxylation sites is 1. The number of aromatic nitrogens is 1. The van der Waals surface area contributed by atoms with E-state index in [0.717, 1.165) is 27.7 Å². The minimum absolute atomic E-state index is 0.0176. The number of anilines is 1. The van der Waals surface area contributed by atoms with Gasteiger partial charge in [0.15, 0.2) is 0 Å². The molecule has 0 spiro atoms. The van der Waals surface area contributed by atoms with Gasteiger partial charge in [-0.3, -0.25) is 9.59 Å². The van der Waals surface area contributed by atoms with Crippen LogP contribution in [0.1, 0.15) is 17.5 Å². The van der Waals surface area contributed by atoms with Gasteiger partial charge in [-0.15, -0.1) is 0 Å². The van der Waals surface area contributed by atoms with E-state index in [1.54, 1.807) is 11.0 Å². The standard InChI is InChI=1S/C22H22FN3O2/c1-14-4-2-3-5-19(14)25-22(28)16-10-21(27)26(13-16)9-8-15-12-24-20-7-6-17(23)11-18(15)20/h2-7,11-12,16,24H,8-10,13H2,1H3,(H,25,28)/t16-/m1/s1. The molecule has 0 bridgehead atoms. The third kappa shape index (κ3) is 3.63. The van der Waals surface area contributed by atoms with Crippen molar-refractivity contribution in [3.05, 3.63) is 65.6 Å². The number of nitrogens with zero attached hydrogens (tertiary/aromatic N) is 1. The summed E-state index contributed by atoms with van der Waals surface area (Å²) in [4.78, 5) is 29.8. The number of amides is 2. The number of halogens is 1. The van der Waals surface area contributed by atoms with E-state index >= 15 is 0 Å². The highest BCUT2D eigenvalue weighted by molar-refractivity contribution is 5.97. The Hall–Kier alpha value is -3.15. The Balaban J connectivity index is 1.38. The van der Waals surface area contributed by atoms with Gasteiger partial charge < -0.3 is 15.2 Å². The smallest absolute Gasteiger partial charge is 0.229 e. The summed E-state index contributed by atoms with van der Waals surface area (Å²) in [5, 5.41) is 3.76. The molecule has 5 nitrogen and oxygen atoms in total. The first kappa shape index (κ1) is 18.2. The second-order valence-corrected chi connectivity index (χ2v) is 7.30. The molecule has 0 unspecified atom stereocenters.